The van der Waals surface area contributed by atoms with E-state index in [1.165, 1.54) is 22.2 Å². The third-order valence-electron chi connectivity index (χ3n) is 10.2. The number of pyridine rings is 1. The fourth-order valence-electron chi connectivity index (χ4n) is 7.76. The van der Waals surface area contributed by atoms with Crippen molar-refractivity contribution in [3.8, 4) is 22.6 Å². The molecule has 9 rings (SSSR count). The molecule has 0 spiro atoms. The first kappa shape index (κ1) is 35.3. The van der Waals surface area contributed by atoms with Gasteiger partial charge in [0.05, 0.1) is 5.54 Å². The van der Waals surface area contributed by atoms with E-state index < -0.39 is 0 Å². The molecule has 3 heterocycles. The molecule has 0 aliphatic carbocycles. The Kier molecular flexibility index (Phi) is 9.07. The molecule has 0 atom stereocenters. The van der Waals surface area contributed by atoms with Crippen LogP contribution in [-0.4, -0.2) is 18.7 Å². The summed E-state index contributed by atoms with van der Waals surface area (Å²) in [6.07, 6.45) is 4.12. The number of aromatic nitrogens is 4. The van der Waals surface area contributed by atoms with E-state index in [4.69, 9.17) is 4.98 Å². The van der Waals surface area contributed by atoms with E-state index in [1.54, 1.807) is 0 Å². The van der Waals surface area contributed by atoms with E-state index in [9.17, 15) is 0 Å². The van der Waals surface area contributed by atoms with Crippen LogP contribution in [-0.2, 0) is 26.6 Å². The van der Waals surface area contributed by atoms with Crippen LogP contribution in [0.5, 0.6) is 0 Å². The largest absolute Gasteiger partial charge is 0.358 e. The van der Waals surface area contributed by atoms with Gasteiger partial charge in [0.1, 0.15) is 5.82 Å². The Bertz CT molecular complexity index is 2790. The molecule has 54 heavy (non-hydrogen) atoms. The number of nitrogens with zero attached hydrogens (tertiary/aromatic N) is 5. The molecule has 3 aromatic heterocycles. The number of anilines is 3. The molecule has 5 nitrogen and oxygen atoms in total. The van der Waals surface area contributed by atoms with Gasteiger partial charge >= 0.3 is 0 Å². The van der Waals surface area contributed by atoms with Crippen LogP contribution < -0.4 is 4.90 Å². The molecular formula is C48H40N5Pt-. The first-order valence-corrected chi connectivity index (χ1v) is 18.1. The van der Waals surface area contributed by atoms with Crippen molar-refractivity contribution in [2.45, 2.75) is 40.2 Å². The minimum atomic E-state index is -0.0888. The second-order valence-corrected chi connectivity index (χ2v) is 14.7. The van der Waals surface area contributed by atoms with E-state index in [1.807, 2.05) is 6.20 Å². The number of hydrogen-bond donors (Lipinski definition) is 0. The Morgan fingerprint density at radius 3 is 2.06 bits per heavy atom. The van der Waals surface area contributed by atoms with Crippen LogP contribution in [0.3, 0.4) is 0 Å². The Balaban J connectivity index is 0.00000413. The van der Waals surface area contributed by atoms with Gasteiger partial charge in [0.15, 0.2) is 17.4 Å². The van der Waals surface area contributed by atoms with Crippen molar-refractivity contribution < 1.29 is 21.1 Å². The molecule has 0 unspecified atom stereocenters. The van der Waals surface area contributed by atoms with Crippen LogP contribution in [0.4, 0.5) is 17.1 Å². The fourth-order valence-corrected chi connectivity index (χ4v) is 7.76. The minimum absolute atomic E-state index is 0. The summed E-state index contributed by atoms with van der Waals surface area (Å²) in [4.78, 5) is 7.21. The predicted molar refractivity (Wildman–Crippen MR) is 220 cm³/mol. The third-order valence-corrected chi connectivity index (χ3v) is 10.2. The van der Waals surface area contributed by atoms with E-state index in [0.29, 0.717) is 0 Å². The van der Waals surface area contributed by atoms with Crippen LogP contribution in [0, 0.1) is 26.0 Å². The zero-order valence-corrected chi connectivity index (χ0v) is 33.3. The first-order chi connectivity index (χ1) is 25.8. The van der Waals surface area contributed by atoms with Crippen molar-refractivity contribution in [1.29, 1.82) is 0 Å². The number of fused-ring (bicyclic) bond motifs is 4. The molecule has 6 heteroatoms. The quantitative estimate of drug-likeness (QED) is 0.156. The molecule has 0 amide bonds. The van der Waals surface area contributed by atoms with Crippen LogP contribution in [0.2, 0.25) is 0 Å². The maximum Gasteiger partial charge on any atom is 0.188 e. The fraction of sp³-hybridized carbons (Fsp3) is 0.125. The number of benzene rings is 6. The number of para-hydroxylation sites is 4. The summed E-state index contributed by atoms with van der Waals surface area (Å²) in [5.41, 5.74) is 13.0. The van der Waals surface area contributed by atoms with E-state index >= 15 is 0 Å². The molecule has 0 aliphatic heterocycles. The molecule has 0 fully saturated rings. The van der Waals surface area contributed by atoms with Gasteiger partial charge in [-0.05, 0) is 105 Å². The Labute approximate surface area is 331 Å². The van der Waals surface area contributed by atoms with Crippen LogP contribution in [0.1, 0.15) is 31.9 Å². The van der Waals surface area contributed by atoms with Crippen molar-refractivity contribution in [2.75, 3.05) is 4.90 Å². The zero-order valence-electron chi connectivity index (χ0n) is 31.0. The van der Waals surface area contributed by atoms with Gasteiger partial charge < -0.3 is 9.47 Å². The van der Waals surface area contributed by atoms with Gasteiger partial charge in [-0.1, -0.05) is 77.6 Å². The summed E-state index contributed by atoms with van der Waals surface area (Å²) in [5, 5.41) is 2.29. The van der Waals surface area contributed by atoms with Crippen molar-refractivity contribution in [3.63, 3.8) is 0 Å². The molecule has 0 saturated carbocycles. The van der Waals surface area contributed by atoms with E-state index in [-0.39, 0.29) is 26.6 Å². The van der Waals surface area contributed by atoms with Gasteiger partial charge in [-0.2, -0.15) is 12.1 Å². The van der Waals surface area contributed by atoms with Crippen LogP contribution in [0.15, 0.2) is 152 Å². The summed E-state index contributed by atoms with van der Waals surface area (Å²) < 4.78 is 6.83. The van der Waals surface area contributed by atoms with Gasteiger partial charge in [-0.25, -0.2) is 14.1 Å². The van der Waals surface area contributed by atoms with Gasteiger partial charge in [0, 0.05) is 56.3 Å². The Hall–Kier alpha value is -5.77. The monoisotopic (exact) mass is 881 g/mol. The molecule has 0 bridgehead atoms. The molecule has 268 valence electrons. The van der Waals surface area contributed by atoms with Crippen molar-refractivity contribution in [1.82, 2.24) is 18.7 Å². The zero-order chi connectivity index (χ0) is 36.3. The number of hydrogen-bond acceptors (Lipinski definition) is 2. The van der Waals surface area contributed by atoms with Gasteiger partial charge in [0.25, 0.3) is 0 Å². The predicted octanol–water partition coefficient (Wildman–Crippen LogP) is 12.3. The second-order valence-electron chi connectivity index (χ2n) is 14.7. The maximum atomic E-state index is 4.97. The summed E-state index contributed by atoms with van der Waals surface area (Å²) in [5.74, 6) is 0.858. The van der Waals surface area contributed by atoms with Gasteiger partial charge in [0.2, 0.25) is 0 Å². The average molecular weight is 882 g/mol. The molecule has 0 saturated heterocycles. The Morgan fingerprint density at radius 2 is 1.30 bits per heavy atom. The molecule has 0 aliphatic rings. The minimum Gasteiger partial charge on any atom is -0.358 e. The molecular weight excluding hydrogens is 842 g/mol. The van der Waals surface area contributed by atoms with E-state index in [2.05, 4.69) is 211 Å². The number of aryl methyl sites for hydroxylation is 2. The third kappa shape index (κ3) is 6.03. The van der Waals surface area contributed by atoms with Crippen molar-refractivity contribution >= 4 is 49.9 Å². The normalized spacial score (nSPS) is 11.6. The average Bonchev–Trinajstić information content (AvgIpc) is 3.72. The van der Waals surface area contributed by atoms with Gasteiger partial charge in [-0.15, -0.1) is 29.7 Å². The number of rotatable bonds is 6. The molecule has 0 N–H and O–H groups in total. The van der Waals surface area contributed by atoms with E-state index in [0.717, 1.165) is 61.5 Å². The second kappa shape index (κ2) is 13.9. The van der Waals surface area contributed by atoms with Crippen molar-refractivity contribution in [2.24, 2.45) is 0 Å². The summed E-state index contributed by atoms with van der Waals surface area (Å²) in [6.45, 7) is 11.1. The smallest absolute Gasteiger partial charge is 0.188 e. The van der Waals surface area contributed by atoms with Gasteiger partial charge in [-0.3, -0.25) is 0 Å². The topological polar surface area (TPSA) is 30.9 Å². The summed E-state index contributed by atoms with van der Waals surface area (Å²) >= 11 is 0. The standard InChI is InChI=1S/C48H40N5.Pt/c1-33-15-13-16-34(2)47(33)35-27-28-49-46(29-35)53-42-22-10-9-21-40(42)41-26-25-39(31-45(41)53)52(36-17-7-6-8-18-36)38-20-14-19-37(30-38)50-32-51(48(3,4)5)44-24-12-11-23-43(44)50;/h6-29,32H,1-5H3;/q-1;. The van der Waals surface area contributed by atoms with Crippen LogP contribution in [0.25, 0.3) is 55.5 Å². The molecule has 6 aromatic carbocycles. The molecule has 9 aromatic rings. The summed E-state index contributed by atoms with van der Waals surface area (Å²) in [6, 6.07) is 56.9. The summed E-state index contributed by atoms with van der Waals surface area (Å²) in [7, 11) is 0. The van der Waals surface area contributed by atoms with Crippen LogP contribution >= 0.6 is 0 Å². The maximum absolute atomic E-state index is 4.97. The number of imidazole rings is 1. The van der Waals surface area contributed by atoms with Crippen molar-refractivity contribution in [3.05, 3.63) is 175 Å². The molecule has 0 radical (unpaired) electrons. The first-order valence-electron chi connectivity index (χ1n) is 18.1. The SMILES string of the molecule is Cc1cccc(C)c1-c1ccnc(-n2c3[c-]c(N(c4[c-]c(-n5[cH+]n(C(C)(C)C)c6ccccc65)ccc4)c4ccccc4)ccc3c3ccccc32)c1.[Pt]. The Morgan fingerprint density at radius 1 is 0.630 bits per heavy atom.